The summed E-state index contributed by atoms with van der Waals surface area (Å²) >= 11 is 0. The second kappa shape index (κ2) is 8.61. The molecular formula is C26H30N4O4. The molecule has 1 aromatic carbocycles. The molecule has 5 heterocycles. The first-order valence-electron chi connectivity index (χ1n) is 11.8. The Kier molecular flexibility index (Phi) is 5.75. The van der Waals surface area contributed by atoms with E-state index in [1.54, 1.807) is 17.6 Å². The minimum Gasteiger partial charge on any atom is -0.458 e. The van der Waals surface area contributed by atoms with Crippen molar-refractivity contribution in [3.8, 4) is 11.4 Å². The third kappa shape index (κ3) is 3.53. The van der Waals surface area contributed by atoms with E-state index in [-0.39, 0.29) is 18.6 Å². The number of rotatable bonds is 1. The number of pyridine rings is 2. The molecule has 178 valence electrons. The number of piperazine rings is 1. The highest BCUT2D eigenvalue weighted by atomic mass is 16.6. The van der Waals surface area contributed by atoms with Gasteiger partial charge in [-0.15, -0.1) is 0 Å². The normalized spacial score (nSPS) is 21.2. The van der Waals surface area contributed by atoms with Crippen molar-refractivity contribution in [2.24, 2.45) is 0 Å². The summed E-state index contributed by atoms with van der Waals surface area (Å²) in [6.45, 7) is 8.80. The van der Waals surface area contributed by atoms with Gasteiger partial charge in [0.15, 0.2) is 5.60 Å². The van der Waals surface area contributed by atoms with Crippen LogP contribution in [-0.4, -0.2) is 58.8 Å². The molecule has 3 aliphatic rings. The summed E-state index contributed by atoms with van der Waals surface area (Å²) in [5.41, 5.74) is 3.00. The van der Waals surface area contributed by atoms with Gasteiger partial charge in [-0.2, -0.15) is 0 Å². The average molecular weight is 463 g/mol. The molecule has 6 rings (SSSR count). The molecule has 1 saturated heterocycles. The van der Waals surface area contributed by atoms with Crippen LogP contribution in [0.25, 0.3) is 22.3 Å². The second-order valence-corrected chi connectivity index (χ2v) is 9.24. The van der Waals surface area contributed by atoms with Crippen LogP contribution >= 0.6 is 0 Å². The number of benzene rings is 1. The zero-order valence-electron chi connectivity index (χ0n) is 19.9. The number of aryl methyl sites for hydroxylation is 1. The predicted octanol–water partition coefficient (Wildman–Crippen LogP) is 1.91. The Hall–Kier alpha value is -3.07. The molecule has 0 aliphatic carbocycles. The zero-order valence-corrected chi connectivity index (χ0v) is 19.9. The highest BCUT2D eigenvalue weighted by Crippen LogP contribution is 2.39. The van der Waals surface area contributed by atoms with Gasteiger partial charge in [-0.3, -0.25) is 4.79 Å². The van der Waals surface area contributed by atoms with Gasteiger partial charge < -0.3 is 24.6 Å². The lowest BCUT2D eigenvalue weighted by molar-refractivity contribution is -0.172. The molecule has 0 amide bonds. The summed E-state index contributed by atoms with van der Waals surface area (Å²) in [5.74, 6) is -0.706. The van der Waals surface area contributed by atoms with E-state index in [4.69, 9.17) is 9.72 Å². The van der Waals surface area contributed by atoms with Gasteiger partial charge in [0.1, 0.15) is 6.61 Å². The van der Waals surface area contributed by atoms with E-state index >= 15 is 0 Å². The largest absolute Gasteiger partial charge is 0.458 e. The van der Waals surface area contributed by atoms with Crippen molar-refractivity contribution >= 4 is 16.9 Å². The van der Waals surface area contributed by atoms with Crippen molar-refractivity contribution in [3.63, 3.8) is 0 Å². The number of aliphatic hydroxyl groups is 1. The average Bonchev–Trinajstić information content (AvgIpc) is 3.22. The Labute approximate surface area is 198 Å². The van der Waals surface area contributed by atoms with E-state index in [0.717, 1.165) is 40.8 Å². The minimum absolute atomic E-state index is 0.111. The molecule has 1 fully saturated rings. The van der Waals surface area contributed by atoms with Crippen molar-refractivity contribution in [2.75, 3.05) is 33.2 Å². The number of cyclic esters (lactones) is 1. The molecule has 0 spiro atoms. The number of hydrogen-bond acceptors (Lipinski definition) is 7. The highest BCUT2D eigenvalue weighted by molar-refractivity contribution is 5.88. The molecule has 8 nitrogen and oxygen atoms in total. The van der Waals surface area contributed by atoms with Crippen LogP contribution < -0.4 is 10.9 Å². The summed E-state index contributed by atoms with van der Waals surface area (Å²) in [5, 5.41) is 15.2. The molecule has 3 aromatic rings. The first-order chi connectivity index (χ1) is 16.3. The van der Waals surface area contributed by atoms with Gasteiger partial charge in [0, 0.05) is 42.7 Å². The summed E-state index contributed by atoms with van der Waals surface area (Å²) in [6, 6.07) is 9.62. The van der Waals surface area contributed by atoms with Crippen molar-refractivity contribution < 1.29 is 14.6 Å². The number of carbonyl (C=O) groups is 1. The van der Waals surface area contributed by atoms with E-state index in [9.17, 15) is 14.7 Å². The molecule has 8 heteroatoms. The Morgan fingerprint density at radius 2 is 1.91 bits per heavy atom. The van der Waals surface area contributed by atoms with Gasteiger partial charge in [0.05, 0.1) is 29.0 Å². The number of carbonyl (C=O) groups excluding carboxylic acids is 1. The van der Waals surface area contributed by atoms with Gasteiger partial charge in [-0.25, -0.2) is 9.78 Å². The van der Waals surface area contributed by atoms with Crippen LogP contribution in [0.15, 0.2) is 35.1 Å². The Balaban J connectivity index is 0.000000297. The fourth-order valence-electron chi connectivity index (χ4n) is 5.01. The predicted molar refractivity (Wildman–Crippen MR) is 130 cm³/mol. The van der Waals surface area contributed by atoms with Crippen LogP contribution in [0.3, 0.4) is 0 Å². The van der Waals surface area contributed by atoms with Crippen LogP contribution in [0.5, 0.6) is 0 Å². The summed E-state index contributed by atoms with van der Waals surface area (Å²) in [6.07, 6.45) is 0.138. The van der Waals surface area contributed by atoms with Gasteiger partial charge >= 0.3 is 5.97 Å². The lowest BCUT2D eigenvalue weighted by atomic mass is 9.86. The number of nitrogens with one attached hydrogen (secondary N) is 1. The quantitative estimate of drug-likeness (QED) is 0.417. The van der Waals surface area contributed by atoms with Gasteiger partial charge in [-0.1, -0.05) is 25.1 Å². The molecule has 0 bridgehead atoms. The molecule has 1 unspecified atom stereocenters. The van der Waals surface area contributed by atoms with Crippen LogP contribution in [0.2, 0.25) is 0 Å². The molecule has 0 saturated carbocycles. The maximum absolute atomic E-state index is 13.1. The zero-order chi connectivity index (χ0) is 24.0. The fraction of sp³-hybridized carbons (Fsp3) is 0.423. The first kappa shape index (κ1) is 22.7. The minimum atomic E-state index is -1.79. The van der Waals surface area contributed by atoms with Gasteiger partial charge in [0.2, 0.25) is 0 Å². The fourth-order valence-corrected chi connectivity index (χ4v) is 5.01. The number of hydrogen-bond donors (Lipinski definition) is 2. The molecule has 0 radical (unpaired) electrons. The van der Waals surface area contributed by atoms with Gasteiger partial charge in [0.25, 0.3) is 5.56 Å². The molecule has 3 aliphatic heterocycles. The van der Waals surface area contributed by atoms with E-state index in [1.165, 1.54) is 13.1 Å². The number of para-hydroxylation sites is 1. The Morgan fingerprint density at radius 1 is 1.18 bits per heavy atom. The number of ether oxygens (including phenoxy) is 1. The SMILES string of the molecule is CCC1(O)C(=O)OCc2c1cc1n(c2=O)Cc2c-1nc1ccccc1c2C.CN1CCNCC1. The Bertz CT molecular complexity index is 1340. The van der Waals surface area contributed by atoms with Crippen LogP contribution in [0.4, 0.5) is 0 Å². The lowest BCUT2D eigenvalue weighted by Gasteiger charge is -2.31. The maximum atomic E-state index is 13.1. The standard InChI is InChI=1S/C21H18N2O4.C5H12N2/c1-3-21(26)15-8-17-18-13(11(2)12-6-4-5-7-16(12)22-18)9-23(17)19(24)14(15)10-27-20(21)25;1-7-4-2-6-3-5-7/h4-8,26H,3,9-10H2,1-2H3;6H,2-5H2,1H3. The third-order valence-corrected chi connectivity index (χ3v) is 7.22. The van der Waals surface area contributed by atoms with Crippen LogP contribution in [0, 0.1) is 6.92 Å². The van der Waals surface area contributed by atoms with Crippen molar-refractivity contribution in [1.29, 1.82) is 0 Å². The van der Waals surface area contributed by atoms with Gasteiger partial charge in [-0.05, 0) is 38.1 Å². The van der Waals surface area contributed by atoms with Crippen LogP contribution in [0.1, 0.15) is 35.6 Å². The number of aromatic nitrogens is 2. The van der Waals surface area contributed by atoms with Crippen molar-refractivity contribution in [1.82, 2.24) is 19.8 Å². The van der Waals surface area contributed by atoms with E-state index in [1.807, 2.05) is 31.2 Å². The van der Waals surface area contributed by atoms with Crippen molar-refractivity contribution in [3.05, 3.63) is 62.9 Å². The number of nitrogens with zero attached hydrogens (tertiary/aromatic N) is 3. The molecule has 2 N–H and O–H groups in total. The second-order valence-electron chi connectivity index (χ2n) is 9.24. The third-order valence-electron chi connectivity index (χ3n) is 7.22. The van der Waals surface area contributed by atoms with E-state index < -0.39 is 11.6 Å². The first-order valence-corrected chi connectivity index (χ1v) is 11.8. The van der Waals surface area contributed by atoms with E-state index in [0.29, 0.717) is 23.4 Å². The monoisotopic (exact) mass is 462 g/mol. The lowest BCUT2D eigenvalue weighted by Crippen LogP contribution is -2.44. The maximum Gasteiger partial charge on any atom is 0.343 e. The smallest absolute Gasteiger partial charge is 0.343 e. The van der Waals surface area contributed by atoms with Crippen LogP contribution in [-0.2, 0) is 28.3 Å². The molecule has 34 heavy (non-hydrogen) atoms. The van der Waals surface area contributed by atoms with E-state index in [2.05, 4.69) is 17.3 Å². The topological polar surface area (TPSA) is 96.7 Å². The van der Waals surface area contributed by atoms with Crippen molar-refractivity contribution in [2.45, 2.75) is 39.0 Å². The molecule has 1 atom stereocenters. The summed E-state index contributed by atoms with van der Waals surface area (Å²) in [7, 11) is 2.15. The molecule has 2 aromatic heterocycles. The molecular weight excluding hydrogens is 432 g/mol. The number of likely N-dealkylation sites (N-methyl/N-ethyl adjacent to an activating group) is 1. The number of fused-ring (bicyclic) bond motifs is 5. The highest BCUT2D eigenvalue weighted by Gasteiger charge is 2.45. The number of esters is 1. The summed E-state index contributed by atoms with van der Waals surface area (Å²) < 4.78 is 6.76. The summed E-state index contributed by atoms with van der Waals surface area (Å²) in [4.78, 5) is 32.4. The Morgan fingerprint density at radius 3 is 2.59 bits per heavy atom.